The van der Waals surface area contributed by atoms with Gasteiger partial charge in [0, 0.05) is 16.7 Å². The first kappa shape index (κ1) is 15.4. The van der Waals surface area contributed by atoms with E-state index in [0.29, 0.717) is 0 Å². The quantitative estimate of drug-likeness (QED) is 0.642. The Hall–Kier alpha value is -2.00. The molecule has 2 aromatic rings. The van der Waals surface area contributed by atoms with E-state index in [1.54, 1.807) is 17.8 Å². The fourth-order valence-electron chi connectivity index (χ4n) is 1.98. The average molecular weight is 298 g/mol. The number of rotatable bonds is 5. The van der Waals surface area contributed by atoms with E-state index in [-0.39, 0.29) is 0 Å². The van der Waals surface area contributed by atoms with Gasteiger partial charge in [-0.15, -0.1) is 11.8 Å². The van der Waals surface area contributed by atoms with E-state index < -0.39 is 5.97 Å². The van der Waals surface area contributed by atoms with E-state index in [1.165, 1.54) is 21.6 Å². The number of hydrogen-bond donors (Lipinski definition) is 1. The molecule has 0 bridgehead atoms. The van der Waals surface area contributed by atoms with E-state index in [0.717, 1.165) is 17.4 Å². The van der Waals surface area contributed by atoms with Crippen LogP contribution in [0.5, 0.6) is 0 Å². The number of aryl methyl sites for hydroxylation is 2. The van der Waals surface area contributed by atoms with Gasteiger partial charge in [-0.1, -0.05) is 42.0 Å². The molecule has 0 atom stereocenters. The Bertz CT molecular complexity index is 675. The molecule has 108 valence electrons. The Balaban J connectivity index is 2.08. The number of carboxylic acids is 1. The molecule has 0 saturated heterocycles. The molecule has 2 nitrogen and oxygen atoms in total. The molecule has 0 aliphatic rings. The summed E-state index contributed by atoms with van der Waals surface area (Å²) in [6.45, 7) is 4.22. The zero-order chi connectivity index (χ0) is 15.2. The summed E-state index contributed by atoms with van der Waals surface area (Å²) in [5, 5.41) is 8.66. The van der Waals surface area contributed by atoms with Crippen LogP contribution >= 0.6 is 11.8 Å². The van der Waals surface area contributed by atoms with Crippen molar-refractivity contribution in [2.45, 2.75) is 24.5 Å². The Morgan fingerprint density at radius 3 is 2.76 bits per heavy atom. The van der Waals surface area contributed by atoms with Gasteiger partial charge in [0.25, 0.3) is 0 Å². The zero-order valence-electron chi connectivity index (χ0n) is 12.2. The summed E-state index contributed by atoms with van der Waals surface area (Å²) in [5.41, 5.74) is 4.65. The summed E-state index contributed by atoms with van der Waals surface area (Å²) in [4.78, 5) is 11.8. The van der Waals surface area contributed by atoms with Gasteiger partial charge in [-0.3, -0.25) is 0 Å². The van der Waals surface area contributed by atoms with Gasteiger partial charge in [0.1, 0.15) is 0 Å². The molecule has 0 heterocycles. The minimum atomic E-state index is -0.926. The van der Waals surface area contributed by atoms with Crippen molar-refractivity contribution in [3.05, 3.63) is 70.8 Å². The van der Waals surface area contributed by atoms with Crippen LogP contribution in [0.4, 0.5) is 0 Å². The third-order valence-corrected chi connectivity index (χ3v) is 4.34. The highest BCUT2D eigenvalue weighted by Gasteiger charge is 2.01. The zero-order valence-corrected chi connectivity index (χ0v) is 13.0. The van der Waals surface area contributed by atoms with Gasteiger partial charge < -0.3 is 5.11 Å². The molecule has 1 N–H and O–H groups in total. The second kappa shape index (κ2) is 7.14. The van der Waals surface area contributed by atoms with Crippen LogP contribution in [-0.4, -0.2) is 11.1 Å². The van der Waals surface area contributed by atoms with Crippen molar-refractivity contribution in [1.82, 2.24) is 0 Å². The summed E-state index contributed by atoms with van der Waals surface area (Å²) in [6, 6.07) is 14.4. The van der Waals surface area contributed by atoms with Crippen LogP contribution in [0.2, 0.25) is 0 Å². The number of thioether (sulfide) groups is 1. The fourth-order valence-corrected chi connectivity index (χ4v) is 3.04. The van der Waals surface area contributed by atoms with Crippen LogP contribution in [0.15, 0.2) is 53.4 Å². The predicted molar refractivity (Wildman–Crippen MR) is 88.6 cm³/mol. The molecular weight excluding hydrogens is 280 g/mol. The summed E-state index contributed by atoms with van der Waals surface area (Å²) in [5.74, 6) is -0.0517. The first-order valence-electron chi connectivity index (χ1n) is 6.74. The summed E-state index contributed by atoms with van der Waals surface area (Å²) >= 11 is 1.81. The Morgan fingerprint density at radius 1 is 1.19 bits per heavy atom. The fraction of sp³-hybridized carbons (Fsp3) is 0.167. The predicted octanol–water partition coefficient (Wildman–Crippen LogP) is 4.69. The van der Waals surface area contributed by atoms with Gasteiger partial charge >= 0.3 is 5.97 Å². The highest BCUT2D eigenvalue weighted by atomic mass is 32.2. The minimum absolute atomic E-state index is 0.874. The summed E-state index contributed by atoms with van der Waals surface area (Å²) in [7, 11) is 0. The standard InChI is InChI=1S/C18H18O2S/c1-13-6-7-14(2)17(10-13)21-12-16-5-3-4-15(11-16)8-9-18(19)20/h3-11H,12H2,1-2H3,(H,19,20). The molecular formula is C18H18O2S. The monoisotopic (exact) mass is 298 g/mol. The second-order valence-electron chi connectivity index (χ2n) is 4.97. The lowest BCUT2D eigenvalue weighted by molar-refractivity contribution is -0.131. The van der Waals surface area contributed by atoms with Crippen molar-refractivity contribution in [3.63, 3.8) is 0 Å². The van der Waals surface area contributed by atoms with Crippen molar-refractivity contribution in [3.8, 4) is 0 Å². The van der Waals surface area contributed by atoms with Crippen LogP contribution in [-0.2, 0) is 10.5 Å². The number of hydrogen-bond acceptors (Lipinski definition) is 2. The van der Waals surface area contributed by atoms with Gasteiger partial charge in [-0.25, -0.2) is 4.79 Å². The topological polar surface area (TPSA) is 37.3 Å². The Kier molecular flexibility index (Phi) is 5.23. The van der Waals surface area contributed by atoms with Crippen molar-refractivity contribution >= 4 is 23.8 Å². The number of carbonyl (C=O) groups is 1. The lowest BCUT2D eigenvalue weighted by atomic mass is 10.1. The summed E-state index contributed by atoms with van der Waals surface area (Å²) < 4.78 is 0. The molecule has 2 rings (SSSR count). The molecule has 0 aliphatic heterocycles. The van der Waals surface area contributed by atoms with E-state index >= 15 is 0 Å². The van der Waals surface area contributed by atoms with Crippen LogP contribution < -0.4 is 0 Å². The van der Waals surface area contributed by atoms with Crippen molar-refractivity contribution < 1.29 is 9.90 Å². The van der Waals surface area contributed by atoms with E-state index in [1.807, 2.05) is 18.2 Å². The third-order valence-electron chi connectivity index (χ3n) is 3.11. The first-order chi connectivity index (χ1) is 10.0. The molecule has 0 amide bonds. The molecule has 2 aromatic carbocycles. The van der Waals surface area contributed by atoms with Gasteiger partial charge in [0.15, 0.2) is 0 Å². The maximum Gasteiger partial charge on any atom is 0.328 e. The maximum absolute atomic E-state index is 10.5. The van der Waals surface area contributed by atoms with Crippen LogP contribution in [0.3, 0.4) is 0 Å². The van der Waals surface area contributed by atoms with Crippen molar-refractivity contribution in [2.75, 3.05) is 0 Å². The van der Waals surface area contributed by atoms with E-state index in [9.17, 15) is 4.79 Å². The average Bonchev–Trinajstić information content (AvgIpc) is 2.46. The smallest absolute Gasteiger partial charge is 0.328 e. The maximum atomic E-state index is 10.5. The Morgan fingerprint density at radius 2 is 2.00 bits per heavy atom. The highest BCUT2D eigenvalue weighted by molar-refractivity contribution is 7.98. The first-order valence-corrected chi connectivity index (χ1v) is 7.73. The number of aliphatic carboxylic acids is 1. The number of benzene rings is 2. The molecule has 0 saturated carbocycles. The number of carboxylic acid groups (broad SMARTS) is 1. The van der Waals surface area contributed by atoms with Crippen molar-refractivity contribution in [2.24, 2.45) is 0 Å². The Labute approximate surface area is 129 Å². The lowest BCUT2D eigenvalue weighted by Gasteiger charge is -2.07. The van der Waals surface area contributed by atoms with Gasteiger partial charge in [0.05, 0.1) is 0 Å². The largest absolute Gasteiger partial charge is 0.478 e. The SMILES string of the molecule is Cc1ccc(C)c(SCc2cccc(C=CC(=O)O)c2)c1. The van der Waals surface area contributed by atoms with Gasteiger partial charge in [-0.2, -0.15) is 0 Å². The minimum Gasteiger partial charge on any atom is -0.478 e. The lowest BCUT2D eigenvalue weighted by Crippen LogP contribution is -1.87. The van der Waals surface area contributed by atoms with Crippen LogP contribution in [0.25, 0.3) is 6.08 Å². The normalized spacial score (nSPS) is 11.0. The third kappa shape index (κ3) is 4.80. The van der Waals surface area contributed by atoms with Crippen LogP contribution in [0.1, 0.15) is 22.3 Å². The second-order valence-corrected chi connectivity index (χ2v) is 5.99. The molecule has 3 heteroatoms. The van der Waals surface area contributed by atoms with Crippen molar-refractivity contribution in [1.29, 1.82) is 0 Å². The van der Waals surface area contributed by atoms with Crippen LogP contribution in [0, 0.1) is 13.8 Å². The molecule has 0 aromatic heterocycles. The van der Waals surface area contributed by atoms with E-state index in [4.69, 9.17) is 5.11 Å². The molecule has 0 spiro atoms. The molecule has 0 fully saturated rings. The highest BCUT2D eigenvalue weighted by Crippen LogP contribution is 2.27. The van der Waals surface area contributed by atoms with Gasteiger partial charge in [-0.05, 0) is 42.7 Å². The summed E-state index contributed by atoms with van der Waals surface area (Å²) in [6.07, 6.45) is 2.78. The van der Waals surface area contributed by atoms with Gasteiger partial charge in [0.2, 0.25) is 0 Å². The molecule has 0 unspecified atom stereocenters. The molecule has 21 heavy (non-hydrogen) atoms. The molecule has 0 radical (unpaired) electrons. The molecule has 0 aliphatic carbocycles. The van der Waals surface area contributed by atoms with E-state index in [2.05, 4.69) is 38.1 Å².